The largest absolute Gasteiger partial charge is 0.493 e. The minimum atomic E-state index is -0.0583. The number of benzene rings is 2. The average Bonchev–Trinajstić information content (AvgIpc) is 2.75. The van der Waals surface area contributed by atoms with Crippen molar-refractivity contribution in [2.24, 2.45) is 0 Å². The van der Waals surface area contributed by atoms with Gasteiger partial charge in [-0.05, 0) is 55.3 Å². The van der Waals surface area contributed by atoms with E-state index in [9.17, 15) is 4.79 Å². The van der Waals surface area contributed by atoms with Gasteiger partial charge in [0.25, 0.3) is 5.91 Å². The van der Waals surface area contributed by atoms with E-state index in [0.717, 1.165) is 16.8 Å². The molecular weight excluding hydrogens is 366 g/mol. The molecule has 0 fully saturated rings. The smallest absolute Gasteiger partial charge is 0.251 e. The maximum atomic E-state index is 11.8. The summed E-state index contributed by atoms with van der Waals surface area (Å²) in [5.41, 5.74) is 3.70. The first-order chi connectivity index (χ1) is 14.1. The lowest BCUT2D eigenvalue weighted by atomic mass is 10.1. The summed E-state index contributed by atoms with van der Waals surface area (Å²) >= 11 is 0. The molecule has 150 valence electrons. The predicted octanol–water partition coefficient (Wildman–Crippen LogP) is 4.55. The number of hydrogen-bond donors (Lipinski definition) is 2. The number of rotatable bonds is 8. The van der Waals surface area contributed by atoms with Gasteiger partial charge in [-0.3, -0.25) is 4.79 Å². The van der Waals surface area contributed by atoms with Crippen LogP contribution in [0.5, 0.6) is 17.4 Å². The van der Waals surface area contributed by atoms with E-state index in [1.54, 1.807) is 19.4 Å². The Kier molecular flexibility index (Phi) is 6.68. The highest BCUT2D eigenvalue weighted by molar-refractivity contribution is 5.94. The molecule has 6 nitrogen and oxygen atoms in total. The van der Waals surface area contributed by atoms with E-state index < -0.39 is 0 Å². The number of hydrogen-bond acceptors (Lipinski definition) is 5. The lowest BCUT2D eigenvalue weighted by Gasteiger charge is -2.11. The topological polar surface area (TPSA) is 72.5 Å². The van der Waals surface area contributed by atoms with E-state index >= 15 is 0 Å². The Balaban J connectivity index is 1.57. The second-order valence-electron chi connectivity index (χ2n) is 6.55. The van der Waals surface area contributed by atoms with Gasteiger partial charge in [-0.25, -0.2) is 4.98 Å². The molecule has 0 atom stereocenters. The standard InChI is InChI=1S/C23H25N3O3/c1-4-24-23(27)18-8-6-17(7-9-18)14-25-19-10-12-22(26-15-19)29-20-11-5-16(2)13-21(20)28-3/h5-13,15,25H,4,14H2,1-3H3,(H,24,27). The summed E-state index contributed by atoms with van der Waals surface area (Å²) in [4.78, 5) is 16.1. The number of nitrogens with zero attached hydrogens (tertiary/aromatic N) is 1. The van der Waals surface area contributed by atoms with Crippen LogP contribution >= 0.6 is 0 Å². The molecule has 0 saturated carbocycles. The number of methoxy groups -OCH3 is 1. The lowest BCUT2D eigenvalue weighted by Crippen LogP contribution is -2.22. The number of aryl methyl sites for hydroxylation is 1. The Morgan fingerprint density at radius 3 is 2.48 bits per heavy atom. The van der Waals surface area contributed by atoms with Crippen LogP contribution in [0.25, 0.3) is 0 Å². The van der Waals surface area contributed by atoms with E-state index in [4.69, 9.17) is 9.47 Å². The number of amides is 1. The molecule has 2 N–H and O–H groups in total. The molecule has 3 aromatic rings. The predicted molar refractivity (Wildman–Crippen MR) is 114 cm³/mol. The molecule has 0 radical (unpaired) electrons. The summed E-state index contributed by atoms with van der Waals surface area (Å²) in [6.45, 7) is 5.14. The van der Waals surface area contributed by atoms with Crippen LogP contribution in [-0.4, -0.2) is 24.5 Å². The highest BCUT2D eigenvalue weighted by Crippen LogP contribution is 2.31. The maximum absolute atomic E-state index is 11.8. The third kappa shape index (κ3) is 5.48. The molecule has 0 bridgehead atoms. The molecule has 29 heavy (non-hydrogen) atoms. The molecule has 0 aliphatic carbocycles. The van der Waals surface area contributed by atoms with E-state index in [2.05, 4.69) is 15.6 Å². The van der Waals surface area contributed by atoms with Crippen molar-refractivity contribution in [2.75, 3.05) is 19.0 Å². The number of carbonyl (C=O) groups is 1. The number of nitrogens with one attached hydrogen (secondary N) is 2. The molecule has 0 unspecified atom stereocenters. The zero-order chi connectivity index (χ0) is 20.6. The Hall–Kier alpha value is -3.54. The molecule has 6 heteroatoms. The van der Waals surface area contributed by atoms with Crippen LogP contribution in [0.2, 0.25) is 0 Å². The van der Waals surface area contributed by atoms with E-state index in [0.29, 0.717) is 36.0 Å². The van der Waals surface area contributed by atoms with Crippen molar-refractivity contribution in [3.63, 3.8) is 0 Å². The normalized spacial score (nSPS) is 10.3. The highest BCUT2D eigenvalue weighted by Gasteiger charge is 2.07. The van der Waals surface area contributed by atoms with Crippen LogP contribution in [0.1, 0.15) is 28.4 Å². The number of aromatic nitrogens is 1. The quantitative estimate of drug-likeness (QED) is 0.589. The number of anilines is 1. The molecule has 1 heterocycles. The van der Waals surface area contributed by atoms with Gasteiger partial charge in [-0.1, -0.05) is 18.2 Å². The van der Waals surface area contributed by atoms with Gasteiger partial charge in [0.2, 0.25) is 5.88 Å². The fraction of sp³-hybridized carbons (Fsp3) is 0.217. The molecule has 1 aromatic heterocycles. The third-order valence-electron chi connectivity index (χ3n) is 4.32. The summed E-state index contributed by atoms with van der Waals surface area (Å²) in [6.07, 6.45) is 1.72. The molecule has 0 aliphatic heterocycles. The summed E-state index contributed by atoms with van der Waals surface area (Å²) in [6, 6.07) is 17.0. The monoisotopic (exact) mass is 391 g/mol. The zero-order valence-electron chi connectivity index (χ0n) is 16.9. The Morgan fingerprint density at radius 1 is 1.03 bits per heavy atom. The van der Waals surface area contributed by atoms with Crippen molar-refractivity contribution in [3.8, 4) is 17.4 Å². The van der Waals surface area contributed by atoms with Crippen molar-refractivity contribution in [1.29, 1.82) is 0 Å². The van der Waals surface area contributed by atoms with Gasteiger partial charge in [0.1, 0.15) is 0 Å². The molecule has 0 spiro atoms. The summed E-state index contributed by atoms with van der Waals surface area (Å²) < 4.78 is 11.2. The Labute approximate surface area is 170 Å². The Morgan fingerprint density at radius 2 is 1.83 bits per heavy atom. The lowest BCUT2D eigenvalue weighted by molar-refractivity contribution is 0.0956. The minimum Gasteiger partial charge on any atom is -0.493 e. The first-order valence-electron chi connectivity index (χ1n) is 9.48. The number of pyridine rings is 1. The third-order valence-corrected chi connectivity index (χ3v) is 4.32. The number of ether oxygens (including phenoxy) is 2. The van der Waals surface area contributed by atoms with Gasteiger partial charge in [0, 0.05) is 24.7 Å². The van der Waals surface area contributed by atoms with Crippen LogP contribution in [-0.2, 0) is 6.54 Å². The fourth-order valence-corrected chi connectivity index (χ4v) is 2.76. The van der Waals surface area contributed by atoms with Crippen molar-refractivity contribution >= 4 is 11.6 Å². The highest BCUT2D eigenvalue weighted by atomic mass is 16.5. The first-order valence-corrected chi connectivity index (χ1v) is 9.48. The Bertz CT molecular complexity index is 954. The summed E-state index contributed by atoms with van der Waals surface area (Å²) in [5, 5.41) is 6.10. The molecule has 3 rings (SSSR count). The van der Waals surface area contributed by atoms with Crippen LogP contribution < -0.4 is 20.1 Å². The number of carbonyl (C=O) groups excluding carboxylic acids is 1. The van der Waals surface area contributed by atoms with Gasteiger partial charge < -0.3 is 20.1 Å². The van der Waals surface area contributed by atoms with E-state index in [-0.39, 0.29) is 5.91 Å². The van der Waals surface area contributed by atoms with Crippen LogP contribution in [0.15, 0.2) is 60.8 Å². The second-order valence-corrected chi connectivity index (χ2v) is 6.55. The fourth-order valence-electron chi connectivity index (χ4n) is 2.76. The maximum Gasteiger partial charge on any atom is 0.251 e. The SMILES string of the molecule is CCNC(=O)c1ccc(CNc2ccc(Oc3ccc(C)cc3OC)nc2)cc1. The van der Waals surface area contributed by atoms with Crippen molar-refractivity contribution in [1.82, 2.24) is 10.3 Å². The van der Waals surface area contributed by atoms with E-state index in [1.165, 1.54) is 0 Å². The van der Waals surface area contributed by atoms with Gasteiger partial charge in [-0.2, -0.15) is 0 Å². The van der Waals surface area contributed by atoms with Gasteiger partial charge in [0.15, 0.2) is 11.5 Å². The van der Waals surface area contributed by atoms with Crippen LogP contribution in [0.4, 0.5) is 5.69 Å². The summed E-state index contributed by atoms with van der Waals surface area (Å²) in [7, 11) is 1.62. The van der Waals surface area contributed by atoms with Gasteiger partial charge >= 0.3 is 0 Å². The molecular formula is C23H25N3O3. The summed E-state index contributed by atoms with van der Waals surface area (Å²) in [5.74, 6) is 1.73. The molecule has 0 saturated heterocycles. The van der Waals surface area contributed by atoms with Crippen molar-refractivity contribution in [3.05, 3.63) is 77.5 Å². The first kappa shape index (κ1) is 20.2. The van der Waals surface area contributed by atoms with Crippen LogP contribution in [0, 0.1) is 6.92 Å². The second kappa shape index (κ2) is 9.59. The minimum absolute atomic E-state index is 0.0583. The van der Waals surface area contributed by atoms with Gasteiger partial charge in [0.05, 0.1) is 19.0 Å². The molecule has 1 amide bonds. The van der Waals surface area contributed by atoms with E-state index in [1.807, 2.05) is 62.4 Å². The molecule has 0 aliphatic rings. The average molecular weight is 391 g/mol. The van der Waals surface area contributed by atoms with Crippen molar-refractivity contribution < 1.29 is 14.3 Å². The van der Waals surface area contributed by atoms with Crippen molar-refractivity contribution in [2.45, 2.75) is 20.4 Å². The van der Waals surface area contributed by atoms with Gasteiger partial charge in [-0.15, -0.1) is 0 Å². The van der Waals surface area contributed by atoms with Crippen LogP contribution in [0.3, 0.4) is 0 Å². The zero-order valence-corrected chi connectivity index (χ0v) is 16.9. The molecule has 2 aromatic carbocycles.